The molecule has 0 bridgehead atoms. The maximum atomic E-state index is 11.5. The van der Waals surface area contributed by atoms with Gasteiger partial charge in [0.25, 0.3) is 0 Å². The summed E-state index contributed by atoms with van der Waals surface area (Å²) in [5.41, 5.74) is 5.56. The molecule has 0 saturated heterocycles. The van der Waals surface area contributed by atoms with Crippen LogP contribution in [0.5, 0.6) is 0 Å². The second-order valence-electron chi connectivity index (χ2n) is 3.18. The number of hydrogen-bond acceptors (Lipinski definition) is 5. The van der Waals surface area contributed by atoms with Crippen molar-refractivity contribution in [3.05, 3.63) is 23.5 Å². The summed E-state index contributed by atoms with van der Waals surface area (Å²) in [6.07, 6.45) is 2.61. The molecule has 2 rings (SSSR count). The monoisotopic (exact) mass is 340 g/mol. The fraction of sp³-hybridized carbons (Fsp3) is 0.455. The summed E-state index contributed by atoms with van der Waals surface area (Å²) in [4.78, 5) is 17.9. The number of nitrogens with two attached hydrogens (primary N) is 1. The minimum Gasteiger partial charge on any atom is -0.380 e. The molecular formula is C11H17N5O2Y-2. The average molecular weight is 340 g/mol. The molecule has 0 aliphatic rings. The molecule has 3 N–H and O–H groups in total. The van der Waals surface area contributed by atoms with Gasteiger partial charge >= 0.3 is 0 Å². The Hall–Kier alpha value is -0.786. The van der Waals surface area contributed by atoms with Crippen molar-refractivity contribution >= 4 is 17.0 Å². The summed E-state index contributed by atoms with van der Waals surface area (Å²) in [5, 5.41) is 4.25. The van der Waals surface area contributed by atoms with Gasteiger partial charge in [0, 0.05) is 39.3 Å². The van der Waals surface area contributed by atoms with Crippen LogP contribution < -0.4 is 11.3 Å². The molecule has 2 aromatic heterocycles. The van der Waals surface area contributed by atoms with Gasteiger partial charge in [-0.2, -0.15) is 6.92 Å². The molecule has 0 amide bonds. The number of nitrogen functional groups attached to an aromatic ring is 1. The van der Waals surface area contributed by atoms with Crippen molar-refractivity contribution in [1.29, 1.82) is 0 Å². The van der Waals surface area contributed by atoms with E-state index >= 15 is 0 Å². The SMILES string of the molecule is CCOCCn1n[c-]c2c(=O)[nH]c(N)nc21.[CH2-]C.[Y]. The predicted octanol–water partition coefficient (Wildman–Crippen LogP) is 0.376. The fourth-order valence-corrected chi connectivity index (χ4v) is 1.37. The molecule has 0 atom stereocenters. The van der Waals surface area contributed by atoms with Gasteiger partial charge in [-0.1, -0.05) is 5.39 Å². The molecule has 0 aromatic carbocycles. The van der Waals surface area contributed by atoms with E-state index in [1.165, 1.54) is 0 Å². The van der Waals surface area contributed by atoms with E-state index in [9.17, 15) is 4.79 Å². The third kappa shape index (κ3) is 4.67. The van der Waals surface area contributed by atoms with Crippen LogP contribution in [0.2, 0.25) is 0 Å². The number of H-pyrrole nitrogens is 1. The first kappa shape index (κ1) is 18.2. The molecule has 0 aliphatic heterocycles. The zero-order valence-corrected chi connectivity index (χ0v) is 14.0. The van der Waals surface area contributed by atoms with Gasteiger partial charge in [-0.25, -0.2) is 0 Å². The van der Waals surface area contributed by atoms with Crippen LogP contribution in [-0.2, 0) is 44.0 Å². The number of aromatic amines is 1. The average Bonchev–Trinajstić information content (AvgIpc) is 2.76. The second-order valence-corrected chi connectivity index (χ2v) is 3.18. The van der Waals surface area contributed by atoms with Crippen LogP contribution in [0, 0.1) is 13.1 Å². The Morgan fingerprint density at radius 2 is 2.21 bits per heavy atom. The molecule has 19 heavy (non-hydrogen) atoms. The molecule has 0 saturated carbocycles. The summed E-state index contributed by atoms with van der Waals surface area (Å²) >= 11 is 0. The third-order valence-electron chi connectivity index (χ3n) is 2.10. The Morgan fingerprint density at radius 1 is 1.53 bits per heavy atom. The van der Waals surface area contributed by atoms with E-state index in [2.05, 4.69) is 28.2 Å². The van der Waals surface area contributed by atoms with Gasteiger partial charge in [-0.3, -0.25) is 10.1 Å². The van der Waals surface area contributed by atoms with E-state index in [1.807, 2.05) is 6.92 Å². The minimum atomic E-state index is -0.329. The summed E-state index contributed by atoms with van der Waals surface area (Å²) in [6.45, 7) is 8.58. The molecule has 2 aromatic rings. The van der Waals surface area contributed by atoms with Crippen LogP contribution in [0.25, 0.3) is 11.0 Å². The largest absolute Gasteiger partial charge is 0.380 e. The third-order valence-corrected chi connectivity index (χ3v) is 2.10. The van der Waals surface area contributed by atoms with Crippen molar-refractivity contribution in [3.63, 3.8) is 0 Å². The van der Waals surface area contributed by atoms with Crippen LogP contribution in [0.4, 0.5) is 5.95 Å². The molecule has 2 heterocycles. The molecule has 0 unspecified atom stereocenters. The number of fused-ring (bicyclic) bond motifs is 1. The Balaban J connectivity index is 0.00000103. The van der Waals surface area contributed by atoms with Crippen molar-refractivity contribution in [2.45, 2.75) is 20.4 Å². The Labute approximate surface area is 136 Å². The minimum absolute atomic E-state index is 0. The van der Waals surface area contributed by atoms with Crippen LogP contribution >= 0.6 is 0 Å². The van der Waals surface area contributed by atoms with Gasteiger partial charge in [-0.15, -0.1) is 0 Å². The van der Waals surface area contributed by atoms with E-state index < -0.39 is 0 Å². The van der Waals surface area contributed by atoms with Gasteiger partial charge < -0.3 is 31.9 Å². The topological polar surface area (TPSA) is 98.8 Å². The second kappa shape index (κ2) is 9.17. The summed E-state index contributed by atoms with van der Waals surface area (Å²) in [5.74, 6) is 0.0732. The smallest absolute Gasteiger partial charge is 0.178 e. The van der Waals surface area contributed by atoms with E-state index in [1.54, 1.807) is 11.6 Å². The molecule has 0 spiro atoms. The van der Waals surface area contributed by atoms with Gasteiger partial charge in [-0.05, 0) is 13.1 Å². The van der Waals surface area contributed by atoms with Crippen molar-refractivity contribution in [2.24, 2.45) is 0 Å². The van der Waals surface area contributed by atoms with Gasteiger partial charge in [0.15, 0.2) is 5.95 Å². The van der Waals surface area contributed by atoms with Crippen molar-refractivity contribution in [1.82, 2.24) is 19.7 Å². The molecular weight excluding hydrogens is 323 g/mol. The maximum absolute atomic E-state index is 11.5. The summed E-state index contributed by atoms with van der Waals surface area (Å²) in [6, 6.07) is 0. The standard InChI is InChI=1S/C9H12N5O2.C2H5.Y/c1-2-16-4-3-14-7-6(5-11-14)8(15)13-9(10)12-7;1-2;/h2-4H2,1H3,(H3,10,12,13,15);1H2,2H3;/q2*-1;. The Bertz CT molecular complexity index is 551. The number of nitrogens with zero attached hydrogens (tertiary/aromatic N) is 3. The van der Waals surface area contributed by atoms with E-state index in [-0.39, 0.29) is 44.2 Å². The van der Waals surface area contributed by atoms with Gasteiger partial charge in [0.05, 0.1) is 18.8 Å². The Morgan fingerprint density at radius 3 is 2.84 bits per heavy atom. The number of ether oxygens (including phenoxy) is 1. The van der Waals surface area contributed by atoms with Crippen LogP contribution in [-0.4, -0.2) is 33.0 Å². The first-order valence-electron chi connectivity index (χ1n) is 5.65. The zero-order chi connectivity index (χ0) is 13.5. The Kier molecular flexibility index (Phi) is 8.79. The maximum Gasteiger partial charge on any atom is 0.178 e. The number of nitrogens with one attached hydrogen (secondary N) is 1. The van der Waals surface area contributed by atoms with Crippen molar-refractivity contribution in [2.75, 3.05) is 18.9 Å². The number of anilines is 1. The van der Waals surface area contributed by atoms with Crippen molar-refractivity contribution < 1.29 is 37.4 Å². The predicted molar refractivity (Wildman–Crippen MR) is 68.9 cm³/mol. The molecule has 0 aliphatic carbocycles. The number of aromatic nitrogens is 4. The van der Waals surface area contributed by atoms with E-state index in [0.717, 1.165) is 0 Å². The summed E-state index contributed by atoms with van der Waals surface area (Å²) in [7, 11) is 0. The van der Waals surface area contributed by atoms with Crippen molar-refractivity contribution in [3.8, 4) is 0 Å². The number of hydrogen-bond donors (Lipinski definition) is 2. The normalized spacial score (nSPS) is 9.63. The van der Waals surface area contributed by atoms with Crippen LogP contribution in [0.3, 0.4) is 0 Å². The van der Waals surface area contributed by atoms with E-state index in [4.69, 9.17) is 10.5 Å². The molecule has 0 fully saturated rings. The zero-order valence-electron chi connectivity index (χ0n) is 11.1. The van der Waals surface area contributed by atoms with Crippen LogP contribution in [0.15, 0.2) is 4.79 Å². The quantitative estimate of drug-likeness (QED) is 0.619. The first-order chi connectivity index (χ1) is 8.72. The molecule has 7 nitrogen and oxygen atoms in total. The number of rotatable bonds is 4. The molecule has 1 radical (unpaired) electrons. The van der Waals surface area contributed by atoms with Gasteiger partial charge in [0.2, 0.25) is 0 Å². The molecule has 8 heteroatoms. The fourth-order valence-electron chi connectivity index (χ4n) is 1.37. The van der Waals surface area contributed by atoms with Gasteiger partial charge in [0.1, 0.15) is 5.56 Å². The molecule has 103 valence electrons. The van der Waals surface area contributed by atoms with Crippen LogP contribution in [0.1, 0.15) is 13.8 Å². The first-order valence-corrected chi connectivity index (χ1v) is 5.65. The van der Waals surface area contributed by atoms with E-state index in [0.29, 0.717) is 30.8 Å². The summed E-state index contributed by atoms with van der Waals surface area (Å²) < 4.78 is 6.75.